The Morgan fingerprint density at radius 1 is 1.43 bits per heavy atom. The maximum atomic E-state index is 9.33. The third-order valence-corrected chi connectivity index (χ3v) is 2.76. The smallest absolute Gasteiger partial charge is 0.0710 e. The van der Waals surface area contributed by atoms with Gasteiger partial charge in [-0.05, 0) is 48.0 Å². The summed E-state index contributed by atoms with van der Waals surface area (Å²) >= 11 is 3.40. The van der Waals surface area contributed by atoms with Gasteiger partial charge in [0.15, 0.2) is 0 Å². The first kappa shape index (κ1) is 11.3. The first-order valence-electron chi connectivity index (χ1n) is 4.50. The monoisotopic (exact) mass is 258 g/mol. The first-order chi connectivity index (χ1) is 6.50. The van der Waals surface area contributed by atoms with E-state index in [0.29, 0.717) is 5.69 Å². The molecule has 0 heterocycles. The summed E-state index contributed by atoms with van der Waals surface area (Å²) in [4.78, 5) is 0. The number of aliphatic hydroxyl groups is 1. The van der Waals surface area contributed by atoms with Crippen LogP contribution in [0.5, 0.6) is 0 Å². The fourth-order valence-electron chi connectivity index (χ4n) is 1.01. The Labute approximate surface area is 92.4 Å². The van der Waals surface area contributed by atoms with Gasteiger partial charge in [-0.1, -0.05) is 0 Å². The molecule has 0 spiro atoms. The molecular formula is C10H15BrN2O. The minimum absolute atomic E-state index is 0.00919. The Kier molecular flexibility index (Phi) is 3.77. The van der Waals surface area contributed by atoms with E-state index in [1.807, 2.05) is 25.1 Å². The summed E-state index contributed by atoms with van der Waals surface area (Å²) in [6, 6.07) is 5.55. The predicted octanol–water partition coefficient (Wildman–Crippen LogP) is 2.21. The summed E-state index contributed by atoms with van der Waals surface area (Å²) in [5.74, 6) is 0. The molecule has 2 unspecified atom stereocenters. The second kappa shape index (κ2) is 4.66. The molecule has 0 aromatic heterocycles. The Morgan fingerprint density at radius 3 is 2.57 bits per heavy atom. The average molecular weight is 259 g/mol. The fraction of sp³-hybridized carbons (Fsp3) is 0.400. The number of halogens is 1. The number of nitrogens with one attached hydrogen (secondary N) is 1. The summed E-state index contributed by atoms with van der Waals surface area (Å²) in [6.07, 6.45) is -0.389. The third-order valence-electron chi connectivity index (χ3n) is 2.10. The normalized spacial score (nSPS) is 14.9. The number of hydrogen-bond acceptors (Lipinski definition) is 3. The van der Waals surface area contributed by atoms with Gasteiger partial charge in [-0.3, -0.25) is 0 Å². The largest absolute Gasteiger partial charge is 0.399 e. The van der Waals surface area contributed by atoms with Crippen LogP contribution in [-0.4, -0.2) is 17.3 Å². The Bertz CT molecular complexity index is 315. The lowest BCUT2D eigenvalue weighted by Gasteiger charge is -2.18. The quantitative estimate of drug-likeness (QED) is 0.729. The van der Waals surface area contributed by atoms with Gasteiger partial charge in [0.2, 0.25) is 0 Å². The van der Waals surface area contributed by atoms with Gasteiger partial charge in [0.1, 0.15) is 0 Å². The second-order valence-electron chi connectivity index (χ2n) is 3.41. The molecule has 0 saturated carbocycles. The Morgan fingerprint density at radius 2 is 2.07 bits per heavy atom. The van der Waals surface area contributed by atoms with E-state index in [0.717, 1.165) is 10.2 Å². The van der Waals surface area contributed by atoms with E-state index >= 15 is 0 Å². The van der Waals surface area contributed by atoms with Gasteiger partial charge in [-0.25, -0.2) is 0 Å². The molecule has 1 aromatic carbocycles. The van der Waals surface area contributed by atoms with E-state index in [-0.39, 0.29) is 12.1 Å². The molecule has 0 saturated heterocycles. The van der Waals surface area contributed by atoms with E-state index in [4.69, 9.17) is 5.73 Å². The number of aliphatic hydroxyl groups excluding tert-OH is 1. The molecule has 0 aliphatic rings. The van der Waals surface area contributed by atoms with E-state index in [9.17, 15) is 5.11 Å². The highest BCUT2D eigenvalue weighted by Gasteiger charge is 2.09. The van der Waals surface area contributed by atoms with Crippen LogP contribution in [0, 0.1) is 0 Å². The molecule has 0 amide bonds. The third kappa shape index (κ3) is 2.89. The molecule has 1 rings (SSSR count). The zero-order valence-electron chi connectivity index (χ0n) is 8.29. The van der Waals surface area contributed by atoms with Crippen molar-refractivity contribution in [2.45, 2.75) is 26.0 Å². The molecule has 4 heteroatoms. The lowest BCUT2D eigenvalue weighted by molar-refractivity contribution is 0.178. The minimum atomic E-state index is -0.389. The first-order valence-corrected chi connectivity index (χ1v) is 5.29. The lowest BCUT2D eigenvalue weighted by atomic mass is 10.2. The standard InChI is InChI=1S/C10H15BrN2O/c1-6(7(2)14)13-10-4-3-8(12)5-9(10)11/h3-7,13-14H,12H2,1-2H3. The summed E-state index contributed by atoms with van der Waals surface area (Å²) in [6.45, 7) is 3.68. The molecule has 0 bridgehead atoms. The SMILES string of the molecule is CC(O)C(C)Nc1ccc(N)cc1Br. The second-order valence-corrected chi connectivity index (χ2v) is 4.27. The van der Waals surface area contributed by atoms with Gasteiger partial charge in [-0.15, -0.1) is 0 Å². The highest BCUT2D eigenvalue weighted by molar-refractivity contribution is 9.10. The van der Waals surface area contributed by atoms with Crippen molar-refractivity contribution < 1.29 is 5.11 Å². The molecule has 0 aliphatic carbocycles. The zero-order valence-corrected chi connectivity index (χ0v) is 9.88. The number of nitrogens with two attached hydrogens (primary N) is 1. The molecule has 0 radical (unpaired) electrons. The van der Waals surface area contributed by atoms with Crippen LogP contribution in [0.1, 0.15) is 13.8 Å². The predicted molar refractivity (Wildman–Crippen MR) is 63.3 cm³/mol. The molecule has 14 heavy (non-hydrogen) atoms. The van der Waals surface area contributed by atoms with Gasteiger partial charge in [-0.2, -0.15) is 0 Å². The van der Waals surface area contributed by atoms with Crippen LogP contribution >= 0.6 is 15.9 Å². The summed E-state index contributed by atoms with van der Waals surface area (Å²) in [5, 5.41) is 12.5. The average Bonchev–Trinajstić information content (AvgIpc) is 2.09. The molecule has 0 aliphatic heterocycles. The summed E-state index contributed by atoms with van der Waals surface area (Å²) in [5.41, 5.74) is 7.26. The molecule has 78 valence electrons. The van der Waals surface area contributed by atoms with Crippen LogP contribution in [0.25, 0.3) is 0 Å². The van der Waals surface area contributed by atoms with Crippen molar-refractivity contribution in [1.29, 1.82) is 0 Å². The van der Waals surface area contributed by atoms with E-state index in [1.165, 1.54) is 0 Å². The zero-order chi connectivity index (χ0) is 10.7. The van der Waals surface area contributed by atoms with Gasteiger partial charge >= 0.3 is 0 Å². The summed E-state index contributed by atoms with van der Waals surface area (Å²) < 4.78 is 0.907. The molecular weight excluding hydrogens is 244 g/mol. The van der Waals surface area contributed by atoms with Crippen molar-refractivity contribution in [3.8, 4) is 0 Å². The highest BCUT2D eigenvalue weighted by Crippen LogP contribution is 2.25. The van der Waals surface area contributed by atoms with Crippen LogP contribution in [0.4, 0.5) is 11.4 Å². The highest BCUT2D eigenvalue weighted by atomic mass is 79.9. The maximum absolute atomic E-state index is 9.33. The molecule has 4 N–H and O–H groups in total. The van der Waals surface area contributed by atoms with E-state index in [2.05, 4.69) is 21.2 Å². The van der Waals surface area contributed by atoms with Crippen molar-refractivity contribution in [3.05, 3.63) is 22.7 Å². The molecule has 0 fully saturated rings. The summed E-state index contributed by atoms with van der Waals surface area (Å²) in [7, 11) is 0. The van der Waals surface area contributed by atoms with Gasteiger partial charge in [0.25, 0.3) is 0 Å². The van der Waals surface area contributed by atoms with E-state index in [1.54, 1.807) is 6.92 Å². The van der Waals surface area contributed by atoms with Gasteiger partial charge in [0.05, 0.1) is 6.10 Å². The van der Waals surface area contributed by atoms with Crippen molar-refractivity contribution in [2.75, 3.05) is 11.1 Å². The number of rotatable bonds is 3. The van der Waals surface area contributed by atoms with Crippen LogP contribution < -0.4 is 11.1 Å². The van der Waals surface area contributed by atoms with Crippen LogP contribution in [0.15, 0.2) is 22.7 Å². The molecule has 2 atom stereocenters. The van der Waals surface area contributed by atoms with Crippen LogP contribution in [0.3, 0.4) is 0 Å². The minimum Gasteiger partial charge on any atom is -0.399 e. The number of hydrogen-bond donors (Lipinski definition) is 3. The number of anilines is 2. The van der Waals surface area contributed by atoms with Crippen molar-refractivity contribution in [3.63, 3.8) is 0 Å². The number of benzene rings is 1. The van der Waals surface area contributed by atoms with Crippen molar-refractivity contribution in [2.24, 2.45) is 0 Å². The van der Waals surface area contributed by atoms with E-state index < -0.39 is 0 Å². The Hall–Kier alpha value is -0.740. The molecule has 1 aromatic rings. The van der Waals surface area contributed by atoms with Crippen molar-refractivity contribution >= 4 is 27.3 Å². The Balaban J connectivity index is 2.77. The van der Waals surface area contributed by atoms with Gasteiger partial charge < -0.3 is 16.2 Å². The number of nitrogen functional groups attached to an aromatic ring is 1. The van der Waals surface area contributed by atoms with Crippen LogP contribution in [0.2, 0.25) is 0 Å². The topological polar surface area (TPSA) is 58.3 Å². The maximum Gasteiger partial charge on any atom is 0.0710 e. The lowest BCUT2D eigenvalue weighted by Crippen LogP contribution is -2.27. The van der Waals surface area contributed by atoms with Crippen LogP contribution in [-0.2, 0) is 0 Å². The fourth-order valence-corrected chi connectivity index (χ4v) is 1.53. The van der Waals surface area contributed by atoms with Crippen molar-refractivity contribution in [1.82, 2.24) is 0 Å². The molecule has 3 nitrogen and oxygen atoms in total. The van der Waals surface area contributed by atoms with Gasteiger partial charge in [0, 0.05) is 21.9 Å².